The monoisotopic (exact) mass is 436 g/mol. The summed E-state index contributed by atoms with van der Waals surface area (Å²) in [6, 6.07) is 14.6. The fourth-order valence-corrected chi connectivity index (χ4v) is 5.42. The fraction of sp³-hybridized carbons (Fsp3) is 0.417. The summed E-state index contributed by atoms with van der Waals surface area (Å²) in [5, 5.41) is 4.18. The van der Waals surface area contributed by atoms with Gasteiger partial charge in [0.1, 0.15) is 0 Å². The Morgan fingerprint density at radius 1 is 1.03 bits per heavy atom. The molecule has 3 heterocycles. The predicted octanol–water partition coefficient (Wildman–Crippen LogP) is 4.30. The minimum absolute atomic E-state index is 0.0480. The number of piperidine rings is 1. The number of thiazole rings is 1. The van der Waals surface area contributed by atoms with E-state index in [1.165, 1.54) is 16.0 Å². The predicted molar refractivity (Wildman–Crippen MR) is 127 cm³/mol. The Labute approximate surface area is 186 Å². The first kappa shape index (κ1) is 20.3. The Kier molecular flexibility index (Phi) is 5.78. The van der Waals surface area contributed by atoms with Crippen LogP contribution in [0.15, 0.2) is 42.5 Å². The average molecular weight is 437 g/mol. The molecule has 1 aromatic heterocycles. The van der Waals surface area contributed by atoms with Gasteiger partial charge in [-0.05, 0) is 61.7 Å². The summed E-state index contributed by atoms with van der Waals surface area (Å²) < 4.78 is 6.65. The third-order valence-corrected chi connectivity index (χ3v) is 7.26. The second kappa shape index (κ2) is 8.85. The fourth-order valence-electron chi connectivity index (χ4n) is 4.31. The van der Waals surface area contributed by atoms with Crippen LogP contribution in [0.1, 0.15) is 18.4 Å². The number of aromatic nitrogens is 1. The molecule has 2 aromatic carbocycles. The molecule has 2 saturated heterocycles. The first-order chi connectivity index (χ1) is 15.2. The lowest BCUT2D eigenvalue weighted by Gasteiger charge is -2.31. The lowest BCUT2D eigenvalue weighted by Crippen LogP contribution is -2.38. The summed E-state index contributed by atoms with van der Waals surface area (Å²) in [6.07, 6.45) is 1.71. The highest BCUT2D eigenvalue weighted by atomic mass is 32.1. The van der Waals surface area contributed by atoms with E-state index in [9.17, 15) is 4.79 Å². The normalized spacial score (nSPS) is 17.8. The van der Waals surface area contributed by atoms with E-state index in [0.717, 1.165) is 68.6 Å². The topological polar surface area (TPSA) is 57.7 Å². The molecule has 1 N–H and O–H groups in total. The Bertz CT molecular complexity index is 1050. The maximum absolute atomic E-state index is 12.8. The van der Waals surface area contributed by atoms with Crippen molar-refractivity contribution in [1.82, 2.24) is 4.98 Å². The van der Waals surface area contributed by atoms with Crippen molar-refractivity contribution in [3.05, 3.63) is 48.0 Å². The van der Waals surface area contributed by atoms with Crippen molar-refractivity contribution < 1.29 is 9.53 Å². The molecular weight excluding hydrogens is 408 g/mol. The quantitative estimate of drug-likeness (QED) is 0.661. The van der Waals surface area contributed by atoms with Crippen LogP contribution in [0.4, 0.5) is 16.5 Å². The van der Waals surface area contributed by atoms with Gasteiger partial charge in [0.05, 0.1) is 23.4 Å². The molecule has 0 unspecified atom stereocenters. The van der Waals surface area contributed by atoms with Crippen molar-refractivity contribution in [1.29, 1.82) is 0 Å². The zero-order valence-electron chi connectivity index (χ0n) is 17.8. The van der Waals surface area contributed by atoms with Gasteiger partial charge in [-0.1, -0.05) is 17.4 Å². The number of nitrogens with one attached hydrogen (secondary N) is 1. The first-order valence-electron chi connectivity index (χ1n) is 11.0. The van der Waals surface area contributed by atoms with Crippen molar-refractivity contribution >= 4 is 44.0 Å². The number of amides is 1. The van der Waals surface area contributed by atoms with Gasteiger partial charge in [-0.25, -0.2) is 4.98 Å². The first-order valence-corrected chi connectivity index (χ1v) is 11.8. The van der Waals surface area contributed by atoms with Gasteiger partial charge in [0, 0.05) is 43.5 Å². The van der Waals surface area contributed by atoms with E-state index >= 15 is 0 Å². The van der Waals surface area contributed by atoms with Crippen molar-refractivity contribution in [2.45, 2.75) is 19.8 Å². The number of nitrogens with zero attached hydrogens (tertiary/aromatic N) is 3. The lowest BCUT2D eigenvalue weighted by atomic mass is 9.96. The molecule has 3 aromatic rings. The van der Waals surface area contributed by atoms with E-state index in [1.807, 2.05) is 12.1 Å². The number of hydrogen-bond acceptors (Lipinski definition) is 6. The summed E-state index contributed by atoms with van der Waals surface area (Å²) >= 11 is 1.75. The number of hydrogen-bond donors (Lipinski definition) is 1. The number of carbonyl (C=O) groups is 1. The van der Waals surface area contributed by atoms with Crippen LogP contribution in [0.25, 0.3) is 10.2 Å². The molecule has 2 aliphatic rings. The highest BCUT2D eigenvalue weighted by Crippen LogP contribution is 2.32. The van der Waals surface area contributed by atoms with Gasteiger partial charge in [0.15, 0.2) is 5.13 Å². The van der Waals surface area contributed by atoms with Crippen LogP contribution < -0.4 is 15.1 Å². The van der Waals surface area contributed by atoms with Gasteiger partial charge in [0.25, 0.3) is 0 Å². The maximum atomic E-state index is 12.8. The molecule has 5 rings (SSSR count). The van der Waals surface area contributed by atoms with E-state index in [2.05, 4.69) is 52.4 Å². The minimum atomic E-state index is 0.0480. The molecule has 2 fully saturated rings. The molecule has 0 aliphatic carbocycles. The number of fused-ring (bicyclic) bond motifs is 1. The molecule has 6 nitrogen and oxygen atoms in total. The summed E-state index contributed by atoms with van der Waals surface area (Å²) in [6.45, 7) is 7.22. The van der Waals surface area contributed by atoms with E-state index in [-0.39, 0.29) is 11.8 Å². The van der Waals surface area contributed by atoms with Crippen molar-refractivity contribution in [3.8, 4) is 0 Å². The molecule has 0 bridgehead atoms. The van der Waals surface area contributed by atoms with Crippen LogP contribution in [0.2, 0.25) is 0 Å². The number of aryl methyl sites for hydroxylation is 1. The molecular formula is C24H28N4O2S. The second-order valence-electron chi connectivity index (χ2n) is 8.36. The highest BCUT2D eigenvalue weighted by molar-refractivity contribution is 7.22. The second-order valence-corrected chi connectivity index (χ2v) is 9.37. The van der Waals surface area contributed by atoms with Gasteiger partial charge < -0.3 is 19.9 Å². The van der Waals surface area contributed by atoms with Crippen LogP contribution in [0.3, 0.4) is 0 Å². The van der Waals surface area contributed by atoms with Gasteiger partial charge >= 0.3 is 0 Å². The maximum Gasteiger partial charge on any atom is 0.227 e. The largest absolute Gasteiger partial charge is 0.378 e. The molecule has 0 saturated carbocycles. The van der Waals surface area contributed by atoms with Gasteiger partial charge in [0.2, 0.25) is 5.91 Å². The molecule has 162 valence electrons. The van der Waals surface area contributed by atoms with Crippen molar-refractivity contribution in [3.63, 3.8) is 0 Å². The summed E-state index contributed by atoms with van der Waals surface area (Å²) in [5.74, 6) is 0.172. The number of carbonyl (C=O) groups excluding carboxylic acids is 1. The molecule has 0 spiro atoms. The standard InChI is InChI=1S/C24H28N4O2S/c1-17-2-7-21-22(16-17)31-24(26-21)28-10-8-18(9-11-28)23(29)25-19-3-5-20(6-4-19)27-12-14-30-15-13-27/h2-7,16,18H,8-15H2,1H3,(H,25,29). The number of benzene rings is 2. The summed E-state index contributed by atoms with van der Waals surface area (Å²) in [7, 11) is 0. The van der Waals surface area contributed by atoms with Crippen LogP contribution in [-0.2, 0) is 9.53 Å². The number of anilines is 3. The van der Waals surface area contributed by atoms with Crippen LogP contribution in [0, 0.1) is 12.8 Å². The van der Waals surface area contributed by atoms with Gasteiger partial charge in [-0.3, -0.25) is 4.79 Å². The Hall–Kier alpha value is -2.64. The van der Waals surface area contributed by atoms with Crippen molar-refractivity contribution in [2.75, 3.05) is 54.5 Å². The molecule has 7 heteroatoms. The Morgan fingerprint density at radius 2 is 1.77 bits per heavy atom. The van der Waals surface area contributed by atoms with Crippen LogP contribution in [-0.4, -0.2) is 50.3 Å². The highest BCUT2D eigenvalue weighted by Gasteiger charge is 2.26. The SMILES string of the molecule is Cc1ccc2nc(N3CCC(C(=O)Nc4ccc(N5CCOCC5)cc4)CC3)sc2c1. The number of rotatable bonds is 4. The molecule has 31 heavy (non-hydrogen) atoms. The Balaban J connectivity index is 1.16. The average Bonchev–Trinajstić information content (AvgIpc) is 3.23. The smallest absolute Gasteiger partial charge is 0.227 e. The van der Waals surface area contributed by atoms with E-state index in [4.69, 9.17) is 9.72 Å². The summed E-state index contributed by atoms with van der Waals surface area (Å²) in [5.41, 5.74) is 4.37. The van der Waals surface area contributed by atoms with Crippen molar-refractivity contribution in [2.24, 2.45) is 5.92 Å². The third kappa shape index (κ3) is 4.52. The van der Waals surface area contributed by atoms with E-state index in [0.29, 0.717) is 0 Å². The molecule has 1 amide bonds. The van der Waals surface area contributed by atoms with Gasteiger partial charge in [-0.2, -0.15) is 0 Å². The number of ether oxygens (including phenoxy) is 1. The minimum Gasteiger partial charge on any atom is -0.378 e. The number of morpholine rings is 1. The summed E-state index contributed by atoms with van der Waals surface area (Å²) in [4.78, 5) is 22.2. The molecule has 2 aliphatic heterocycles. The third-order valence-electron chi connectivity index (χ3n) is 6.18. The molecule has 0 radical (unpaired) electrons. The van der Waals surface area contributed by atoms with Crippen LogP contribution in [0.5, 0.6) is 0 Å². The molecule has 0 atom stereocenters. The zero-order chi connectivity index (χ0) is 21.2. The zero-order valence-corrected chi connectivity index (χ0v) is 18.7. The van der Waals surface area contributed by atoms with E-state index < -0.39 is 0 Å². The Morgan fingerprint density at radius 3 is 2.52 bits per heavy atom. The van der Waals surface area contributed by atoms with Gasteiger partial charge in [-0.15, -0.1) is 0 Å². The van der Waals surface area contributed by atoms with Crippen LogP contribution >= 0.6 is 11.3 Å². The van der Waals surface area contributed by atoms with E-state index in [1.54, 1.807) is 11.3 Å². The lowest BCUT2D eigenvalue weighted by molar-refractivity contribution is -0.120.